The van der Waals surface area contributed by atoms with Crippen LogP contribution in [0.1, 0.15) is 29.3 Å². The fourth-order valence-corrected chi connectivity index (χ4v) is 3.00. The summed E-state index contributed by atoms with van der Waals surface area (Å²) < 4.78 is 0. The monoisotopic (exact) mass is 275 g/mol. The Morgan fingerprint density at radius 2 is 1.89 bits per heavy atom. The molecule has 0 aliphatic heterocycles. The Morgan fingerprint density at radius 1 is 1.26 bits per heavy atom. The fraction of sp³-hybridized carbons (Fsp3) is 0.400. The molecule has 0 amide bonds. The lowest BCUT2D eigenvalue weighted by atomic mass is 10.1. The molecule has 1 atom stereocenters. The van der Waals surface area contributed by atoms with Gasteiger partial charge in [-0.1, -0.05) is 17.7 Å². The first-order chi connectivity index (χ1) is 8.95. The van der Waals surface area contributed by atoms with Crippen molar-refractivity contribution in [2.75, 3.05) is 5.32 Å². The summed E-state index contributed by atoms with van der Waals surface area (Å²) in [6.07, 6.45) is 0.823. The second-order valence-electron chi connectivity index (χ2n) is 5.22. The molecule has 0 aliphatic rings. The third kappa shape index (κ3) is 3.55. The van der Waals surface area contributed by atoms with E-state index in [1.54, 1.807) is 11.3 Å². The number of benzene rings is 1. The van der Waals surface area contributed by atoms with Crippen molar-refractivity contribution < 1.29 is 0 Å². The normalized spacial score (nSPS) is 12.5. The smallest absolute Gasteiger partial charge is 0.187 e. The Balaban J connectivity index is 2.19. The molecule has 2 aromatic rings. The van der Waals surface area contributed by atoms with Gasteiger partial charge in [0.05, 0.1) is 5.69 Å². The van der Waals surface area contributed by atoms with E-state index in [2.05, 4.69) is 48.6 Å². The zero-order chi connectivity index (χ0) is 14.0. The van der Waals surface area contributed by atoms with Gasteiger partial charge in [-0.25, -0.2) is 4.98 Å². The number of hydrogen-bond acceptors (Lipinski definition) is 4. The maximum Gasteiger partial charge on any atom is 0.187 e. The minimum atomic E-state index is 0.151. The van der Waals surface area contributed by atoms with Gasteiger partial charge in [-0.05, 0) is 38.8 Å². The molecule has 1 aromatic heterocycles. The minimum Gasteiger partial charge on any atom is -0.331 e. The maximum absolute atomic E-state index is 5.80. The molecule has 1 unspecified atom stereocenters. The average Bonchev–Trinajstić information content (AvgIpc) is 2.70. The molecule has 19 heavy (non-hydrogen) atoms. The Bertz CT molecular complexity index is 550. The van der Waals surface area contributed by atoms with Gasteiger partial charge < -0.3 is 11.1 Å². The zero-order valence-electron chi connectivity index (χ0n) is 11.9. The van der Waals surface area contributed by atoms with Crippen molar-refractivity contribution in [1.82, 2.24) is 4.98 Å². The van der Waals surface area contributed by atoms with Crippen LogP contribution in [0, 0.1) is 20.8 Å². The van der Waals surface area contributed by atoms with Gasteiger partial charge in [0.25, 0.3) is 0 Å². The van der Waals surface area contributed by atoms with E-state index in [1.165, 1.54) is 16.7 Å². The van der Waals surface area contributed by atoms with Gasteiger partial charge in [-0.3, -0.25) is 0 Å². The first-order valence-electron chi connectivity index (χ1n) is 6.50. The number of nitrogens with two attached hydrogens (primary N) is 1. The SMILES string of the molecule is Cc1cc(C)c(Nc2nc(CC(C)N)cs2)c(C)c1. The largest absolute Gasteiger partial charge is 0.331 e. The van der Waals surface area contributed by atoms with E-state index < -0.39 is 0 Å². The van der Waals surface area contributed by atoms with E-state index in [0.717, 1.165) is 22.9 Å². The van der Waals surface area contributed by atoms with Gasteiger partial charge in [0.1, 0.15) is 0 Å². The molecule has 2 rings (SSSR count). The Morgan fingerprint density at radius 3 is 2.47 bits per heavy atom. The summed E-state index contributed by atoms with van der Waals surface area (Å²) in [5.41, 5.74) is 11.8. The molecule has 0 spiro atoms. The molecule has 0 fully saturated rings. The quantitative estimate of drug-likeness (QED) is 0.894. The summed E-state index contributed by atoms with van der Waals surface area (Å²) in [6, 6.07) is 4.52. The second kappa shape index (κ2) is 5.72. The van der Waals surface area contributed by atoms with E-state index in [1.807, 2.05) is 6.92 Å². The molecule has 1 heterocycles. The van der Waals surface area contributed by atoms with Crippen LogP contribution < -0.4 is 11.1 Å². The van der Waals surface area contributed by atoms with E-state index in [-0.39, 0.29) is 6.04 Å². The van der Waals surface area contributed by atoms with Crippen LogP contribution in [0.25, 0.3) is 0 Å². The minimum absolute atomic E-state index is 0.151. The lowest BCUT2D eigenvalue weighted by Crippen LogP contribution is -2.17. The van der Waals surface area contributed by atoms with Crippen molar-refractivity contribution in [3.8, 4) is 0 Å². The highest BCUT2D eigenvalue weighted by molar-refractivity contribution is 7.13. The van der Waals surface area contributed by atoms with E-state index in [9.17, 15) is 0 Å². The van der Waals surface area contributed by atoms with Crippen molar-refractivity contribution in [1.29, 1.82) is 0 Å². The Kier molecular flexibility index (Phi) is 4.22. The first kappa shape index (κ1) is 14.0. The number of rotatable bonds is 4. The number of hydrogen-bond donors (Lipinski definition) is 2. The van der Waals surface area contributed by atoms with Crippen LogP contribution in [-0.2, 0) is 6.42 Å². The van der Waals surface area contributed by atoms with Crippen molar-refractivity contribution in [2.24, 2.45) is 5.73 Å². The fourth-order valence-electron chi connectivity index (χ4n) is 2.27. The van der Waals surface area contributed by atoms with Crippen LogP contribution in [0.2, 0.25) is 0 Å². The third-order valence-corrected chi connectivity index (χ3v) is 3.80. The molecule has 4 heteroatoms. The number of nitrogens with zero attached hydrogens (tertiary/aromatic N) is 1. The van der Waals surface area contributed by atoms with Gasteiger partial charge >= 0.3 is 0 Å². The van der Waals surface area contributed by atoms with Crippen molar-refractivity contribution in [3.63, 3.8) is 0 Å². The van der Waals surface area contributed by atoms with Gasteiger partial charge in [0.2, 0.25) is 0 Å². The number of anilines is 2. The molecule has 0 saturated carbocycles. The molecular formula is C15H21N3S. The topological polar surface area (TPSA) is 50.9 Å². The number of aromatic nitrogens is 1. The van der Waals surface area contributed by atoms with Crippen LogP contribution in [0.3, 0.4) is 0 Å². The molecule has 0 saturated heterocycles. The number of nitrogens with one attached hydrogen (secondary N) is 1. The van der Waals surface area contributed by atoms with Crippen molar-refractivity contribution in [3.05, 3.63) is 39.9 Å². The zero-order valence-corrected chi connectivity index (χ0v) is 12.8. The Labute approximate surface area is 118 Å². The van der Waals surface area contributed by atoms with Gasteiger partial charge in [0.15, 0.2) is 5.13 Å². The number of aryl methyl sites for hydroxylation is 3. The molecule has 1 aromatic carbocycles. The standard InChI is InChI=1S/C15H21N3S/c1-9-5-10(2)14(11(3)6-9)18-15-17-13(8-19-15)7-12(4)16/h5-6,8,12H,7,16H2,1-4H3,(H,17,18). The summed E-state index contributed by atoms with van der Waals surface area (Å²) in [7, 11) is 0. The summed E-state index contributed by atoms with van der Waals surface area (Å²) in [6.45, 7) is 8.37. The van der Waals surface area contributed by atoms with Gasteiger partial charge in [-0.15, -0.1) is 11.3 Å². The number of thiazole rings is 1. The maximum atomic E-state index is 5.80. The molecule has 0 bridgehead atoms. The predicted octanol–water partition coefficient (Wildman–Crippen LogP) is 3.70. The van der Waals surface area contributed by atoms with Crippen LogP contribution >= 0.6 is 11.3 Å². The summed E-state index contributed by atoms with van der Waals surface area (Å²) >= 11 is 1.63. The van der Waals surface area contributed by atoms with Crippen LogP contribution in [0.4, 0.5) is 10.8 Å². The van der Waals surface area contributed by atoms with E-state index in [0.29, 0.717) is 0 Å². The molecule has 3 N–H and O–H groups in total. The highest BCUT2D eigenvalue weighted by atomic mass is 32.1. The lowest BCUT2D eigenvalue weighted by Gasteiger charge is -2.11. The molecular weight excluding hydrogens is 254 g/mol. The average molecular weight is 275 g/mol. The van der Waals surface area contributed by atoms with E-state index >= 15 is 0 Å². The first-order valence-corrected chi connectivity index (χ1v) is 7.38. The summed E-state index contributed by atoms with van der Waals surface area (Å²) in [5, 5.41) is 6.44. The van der Waals surface area contributed by atoms with Crippen molar-refractivity contribution >= 4 is 22.2 Å². The van der Waals surface area contributed by atoms with Crippen LogP contribution in [0.5, 0.6) is 0 Å². The second-order valence-corrected chi connectivity index (χ2v) is 6.08. The van der Waals surface area contributed by atoms with E-state index in [4.69, 9.17) is 5.73 Å². The predicted molar refractivity (Wildman–Crippen MR) is 83.4 cm³/mol. The molecule has 102 valence electrons. The Hall–Kier alpha value is -1.39. The van der Waals surface area contributed by atoms with Gasteiger partial charge in [0, 0.05) is 23.5 Å². The lowest BCUT2D eigenvalue weighted by molar-refractivity contribution is 0.726. The van der Waals surface area contributed by atoms with Crippen LogP contribution in [-0.4, -0.2) is 11.0 Å². The van der Waals surface area contributed by atoms with Gasteiger partial charge in [-0.2, -0.15) is 0 Å². The highest BCUT2D eigenvalue weighted by Gasteiger charge is 2.08. The highest BCUT2D eigenvalue weighted by Crippen LogP contribution is 2.27. The molecule has 0 radical (unpaired) electrons. The molecule has 3 nitrogen and oxygen atoms in total. The van der Waals surface area contributed by atoms with Crippen molar-refractivity contribution in [2.45, 2.75) is 40.2 Å². The molecule has 0 aliphatic carbocycles. The van der Waals surface area contributed by atoms with Crippen LogP contribution in [0.15, 0.2) is 17.5 Å². The summed E-state index contributed by atoms with van der Waals surface area (Å²) in [4.78, 5) is 4.58. The summed E-state index contributed by atoms with van der Waals surface area (Å²) in [5.74, 6) is 0. The third-order valence-electron chi connectivity index (χ3n) is 2.99.